The van der Waals surface area contributed by atoms with Crippen molar-refractivity contribution in [3.63, 3.8) is 0 Å². The SMILES string of the molecule is CC/C=C\C/C=C\C/C=C\C/C=C\CCCCC(=O)OC[C@H](COP(=O)(O)O)OC(=O)CCC/C=C\C/C=C\C/C=C\CC1OC1CCCCC. The second-order valence-corrected chi connectivity index (χ2v) is 13.8. The van der Waals surface area contributed by atoms with Crippen molar-refractivity contribution in [3.05, 3.63) is 85.1 Å². The Balaban J connectivity index is 2.17. The Bertz CT molecular complexity index is 1160. The third-order valence-electron chi connectivity index (χ3n) is 7.82. The van der Waals surface area contributed by atoms with Gasteiger partial charge < -0.3 is 24.0 Å². The first-order chi connectivity index (χ1) is 24.7. The van der Waals surface area contributed by atoms with E-state index < -0.39 is 32.5 Å². The third kappa shape index (κ3) is 31.6. The molecule has 2 unspecified atom stereocenters. The van der Waals surface area contributed by atoms with Crippen molar-refractivity contribution >= 4 is 19.8 Å². The molecule has 0 aromatic heterocycles. The molecule has 1 aliphatic rings. The van der Waals surface area contributed by atoms with Gasteiger partial charge in [-0.3, -0.25) is 14.1 Å². The molecule has 2 N–H and O–H groups in total. The minimum atomic E-state index is -4.78. The average molecular weight is 733 g/mol. The van der Waals surface area contributed by atoms with E-state index in [9.17, 15) is 14.2 Å². The zero-order chi connectivity index (χ0) is 37.3. The lowest BCUT2D eigenvalue weighted by Gasteiger charge is -2.18. The quantitative estimate of drug-likeness (QED) is 0.0228. The monoisotopic (exact) mass is 732 g/mol. The van der Waals surface area contributed by atoms with Crippen molar-refractivity contribution in [1.82, 2.24) is 0 Å². The van der Waals surface area contributed by atoms with Crippen LogP contribution in [0.3, 0.4) is 0 Å². The van der Waals surface area contributed by atoms with Crippen molar-refractivity contribution in [3.8, 4) is 0 Å². The van der Waals surface area contributed by atoms with Crippen LogP contribution in [-0.2, 0) is 32.9 Å². The number of carbonyl (C=O) groups is 2. The van der Waals surface area contributed by atoms with Crippen LogP contribution < -0.4 is 0 Å². The molecule has 10 heteroatoms. The van der Waals surface area contributed by atoms with Crippen molar-refractivity contribution in [1.29, 1.82) is 0 Å². The lowest BCUT2D eigenvalue weighted by Crippen LogP contribution is -2.29. The van der Waals surface area contributed by atoms with Crippen LogP contribution in [0, 0.1) is 0 Å². The standard InChI is InChI=1S/C41H65O9P/c1-3-5-7-8-9-10-11-12-13-14-15-19-22-25-29-33-40(42)47-35-37(36-48-51(44,45)46)49-41(43)34-30-26-23-20-17-16-18-21-24-28-32-39-38(50-39)31-27-6-4-2/h5,7,9-10,12-13,15-16,18-20,23-24,28,37-39H,3-4,6,8,11,14,17,21-22,25-27,29-36H2,1-2H3,(H2,44,45,46)/b7-5-,10-9-,13-12-,18-16-,19-15-,23-20-,28-24-/t37-,38?,39?/m1/s1. The Hall–Kier alpha value is -2.81. The van der Waals surface area contributed by atoms with E-state index in [1.54, 1.807) is 0 Å². The second kappa shape index (κ2) is 31.9. The van der Waals surface area contributed by atoms with Crippen LogP contribution in [0.15, 0.2) is 85.1 Å². The molecular weight excluding hydrogens is 667 g/mol. The van der Waals surface area contributed by atoms with Gasteiger partial charge in [0.15, 0.2) is 6.10 Å². The summed E-state index contributed by atoms with van der Waals surface area (Å²) in [5, 5.41) is 0. The first-order valence-electron chi connectivity index (χ1n) is 19.0. The van der Waals surface area contributed by atoms with Gasteiger partial charge in [-0.2, -0.15) is 0 Å². The van der Waals surface area contributed by atoms with Gasteiger partial charge in [0.25, 0.3) is 0 Å². The van der Waals surface area contributed by atoms with Crippen LogP contribution in [-0.4, -0.2) is 53.3 Å². The summed E-state index contributed by atoms with van der Waals surface area (Å²) in [6, 6.07) is 0. The lowest BCUT2D eigenvalue weighted by atomic mass is 10.1. The maximum absolute atomic E-state index is 12.4. The van der Waals surface area contributed by atoms with Crippen LogP contribution in [0.25, 0.3) is 0 Å². The van der Waals surface area contributed by atoms with Crippen LogP contribution in [0.2, 0.25) is 0 Å². The van der Waals surface area contributed by atoms with Crippen LogP contribution in [0.4, 0.5) is 0 Å². The first kappa shape index (κ1) is 46.2. The summed E-state index contributed by atoms with van der Waals surface area (Å²) in [5.41, 5.74) is 0. The van der Waals surface area contributed by atoms with Gasteiger partial charge >= 0.3 is 19.8 Å². The van der Waals surface area contributed by atoms with Crippen molar-refractivity contribution in [2.75, 3.05) is 13.2 Å². The fourth-order valence-electron chi connectivity index (χ4n) is 4.92. The minimum Gasteiger partial charge on any atom is -0.462 e. The van der Waals surface area contributed by atoms with Gasteiger partial charge in [0.05, 0.1) is 18.8 Å². The largest absolute Gasteiger partial charge is 0.469 e. The van der Waals surface area contributed by atoms with Crippen molar-refractivity contribution < 1.29 is 42.7 Å². The molecule has 0 aromatic rings. The molecule has 1 aliphatic heterocycles. The number of unbranched alkanes of at least 4 members (excludes halogenated alkanes) is 5. The number of phosphoric acid groups is 1. The van der Waals surface area contributed by atoms with E-state index in [4.69, 9.17) is 24.0 Å². The third-order valence-corrected chi connectivity index (χ3v) is 8.31. The van der Waals surface area contributed by atoms with Gasteiger partial charge in [0, 0.05) is 12.8 Å². The van der Waals surface area contributed by atoms with E-state index >= 15 is 0 Å². The summed E-state index contributed by atoms with van der Waals surface area (Å²) in [4.78, 5) is 42.7. The maximum Gasteiger partial charge on any atom is 0.469 e. The molecule has 1 rings (SSSR count). The zero-order valence-electron chi connectivity index (χ0n) is 31.2. The molecule has 0 radical (unpaired) electrons. The summed E-state index contributed by atoms with van der Waals surface area (Å²) in [7, 11) is -4.78. The summed E-state index contributed by atoms with van der Waals surface area (Å²) < 4.78 is 31.9. The Kier molecular flexibility index (Phi) is 28.9. The highest BCUT2D eigenvalue weighted by Crippen LogP contribution is 2.36. The molecule has 1 heterocycles. The molecule has 1 saturated heterocycles. The number of phosphoric ester groups is 1. The number of epoxide rings is 1. The normalized spacial score (nSPS) is 17.4. The summed E-state index contributed by atoms with van der Waals surface area (Å²) in [6.45, 7) is 3.43. The van der Waals surface area contributed by atoms with Gasteiger partial charge in [0.2, 0.25) is 0 Å². The number of rotatable bonds is 32. The van der Waals surface area contributed by atoms with E-state index in [0.717, 1.165) is 57.8 Å². The van der Waals surface area contributed by atoms with Crippen LogP contribution >= 0.6 is 7.82 Å². The molecule has 0 bridgehead atoms. The molecule has 0 amide bonds. The number of hydrogen-bond acceptors (Lipinski definition) is 7. The summed E-state index contributed by atoms with van der Waals surface area (Å²) in [6.07, 6.45) is 44.9. The van der Waals surface area contributed by atoms with E-state index in [1.807, 2.05) is 12.2 Å². The lowest BCUT2D eigenvalue weighted by molar-refractivity contribution is -0.161. The summed E-state index contributed by atoms with van der Waals surface area (Å²) in [5.74, 6) is -1.01. The molecule has 288 valence electrons. The van der Waals surface area contributed by atoms with Gasteiger partial charge in [-0.1, -0.05) is 118 Å². The average Bonchev–Trinajstić information content (AvgIpc) is 3.85. The highest BCUT2D eigenvalue weighted by atomic mass is 31.2. The first-order valence-corrected chi connectivity index (χ1v) is 20.5. The van der Waals surface area contributed by atoms with Crippen molar-refractivity contribution in [2.45, 2.75) is 148 Å². The smallest absolute Gasteiger partial charge is 0.462 e. The molecule has 3 atom stereocenters. The van der Waals surface area contributed by atoms with Gasteiger partial charge in [-0.15, -0.1) is 0 Å². The van der Waals surface area contributed by atoms with Crippen LogP contribution in [0.5, 0.6) is 0 Å². The van der Waals surface area contributed by atoms with E-state index in [1.165, 1.54) is 25.7 Å². The number of esters is 2. The number of hydrogen-bond donors (Lipinski definition) is 2. The highest BCUT2D eigenvalue weighted by Gasteiger charge is 2.36. The Labute approximate surface area is 307 Å². The van der Waals surface area contributed by atoms with E-state index in [-0.39, 0.29) is 19.4 Å². The molecule has 0 saturated carbocycles. The fourth-order valence-corrected chi connectivity index (χ4v) is 5.28. The fraction of sp³-hybridized carbons (Fsp3) is 0.610. The molecule has 9 nitrogen and oxygen atoms in total. The van der Waals surface area contributed by atoms with E-state index in [0.29, 0.717) is 31.5 Å². The van der Waals surface area contributed by atoms with Crippen LogP contribution in [0.1, 0.15) is 129 Å². The number of ether oxygens (including phenoxy) is 3. The molecule has 0 aliphatic carbocycles. The molecule has 51 heavy (non-hydrogen) atoms. The van der Waals surface area contributed by atoms with Gasteiger partial charge in [0.1, 0.15) is 6.61 Å². The zero-order valence-corrected chi connectivity index (χ0v) is 32.1. The topological polar surface area (TPSA) is 132 Å². The van der Waals surface area contributed by atoms with Crippen molar-refractivity contribution in [2.24, 2.45) is 0 Å². The molecule has 0 aromatic carbocycles. The Morgan fingerprint density at radius 2 is 1.20 bits per heavy atom. The number of allylic oxidation sites excluding steroid dienone is 13. The minimum absolute atomic E-state index is 0.118. The molecule has 1 fully saturated rings. The van der Waals surface area contributed by atoms with Gasteiger partial charge in [-0.25, -0.2) is 4.57 Å². The predicted octanol–water partition coefficient (Wildman–Crippen LogP) is 10.3. The molecular formula is C41H65O9P. The Morgan fingerprint density at radius 1 is 0.647 bits per heavy atom. The maximum atomic E-state index is 12.4. The summed E-state index contributed by atoms with van der Waals surface area (Å²) >= 11 is 0. The number of carbonyl (C=O) groups excluding carboxylic acids is 2. The Morgan fingerprint density at radius 3 is 1.78 bits per heavy atom. The van der Waals surface area contributed by atoms with Gasteiger partial charge in [-0.05, 0) is 83.5 Å². The second-order valence-electron chi connectivity index (χ2n) is 12.6. The highest BCUT2D eigenvalue weighted by molar-refractivity contribution is 7.46. The molecule has 0 spiro atoms. The van der Waals surface area contributed by atoms with E-state index in [2.05, 4.69) is 91.3 Å². The predicted molar refractivity (Wildman–Crippen MR) is 206 cm³/mol.